The van der Waals surface area contributed by atoms with Gasteiger partial charge < -0.3 is 9.47 Å². The Balaban J connectivity index is 1.84. The number of benzene rings is 1. The molecule has 1 aliphatic heterocycles. The quantitative estimate of drug-likeness (QED) is 0.764. The maximum Gasteiger partial charge on any atom is 0.170 e. The summed E-state index contributed by atoms with van der Waals surface area (Å²) in [5.74, 6) is 0.970. The zero-order valence-electron chi connectivity index (χ0n) is 10.6. The van der Waals surface area contributed by atoms with Gasteiger partial charge in [-0.1, -0.05) is 12.1 Å². The number of carbonyl (C=O) groups excluding carboxylic acids is 1. The summed E-state index contributed by atoms with van der Waals surface area (Å²) < 4.78 is 11.5. The van der Waals surface area contributed by atoms with Gasteiger partial charge in [0.05, 0.1) is 18.1 Å². The van der Waals surface area contributed by atoms with E-state index < -0.39 is 0 Å². The monoisotopic (exact) mass is 246 g/mol. The molecule has 0 radical (unpaired) electrons. The number of ketones is 1. The Kier molecular flexibility index (Phi) is 2.86. The summed E-state index contributed by atoms with van der Waals surface area (Å²) in [6.45, 7) is 0. The second-order valence-electron chi connectivity index (χ2n) is 5.32. The predicted octanol–water partition coefficient (Wildman–Crippen LogP) is 2.98. The van der Waals surface area contributed by atoms with Crippen molar-refractivity contribution in [3.05, 3.63) is 29.8 Å². The first kappa shape index (κ1) is 11.7. The molecule has 0 bridgehead atoms. The summed E-state index contributed by atoms with van der Waals surface area (Å²) in [5, 5.41) is 0. The standard InChI is InChI=1S/C15H18O3/c1-17-11-6-8-15(9-7-11)10-13(16)12-4-2-3-5-14(12)18-15/h2-5,11H,6-10H2,1H3. The topological polar surface area (TPSA) is 35.5 Å². The fraction of sp³-hybridized carbons (Fsp3) is 0.533. The highest BCUT2D eigenvalue weighted by Crippen LogP contribution is 2.42. The first-order chi connectivity index (χ1) is 8.72. The van der Waals surface area contributed by atoms with Crippen LogP contribution >= 0.6 is 0 Å². The molecule has 0 saturated heterocycles. The molecule has 1 aliphatic carbocycles. The van der Waals surface area contributed by atoms with Gasteiger partial charge in [0.25, 0.3) is 0 Å². The second kappa shape index (κ2) is 4.39. The Morgan fingerprint density at radius 1 is 1.28 bits per heavy atom. The van der Waals surface area contributed by atoms with Gasteiger partial charge in [-0.2, -0.15) is 0 Å². The van der Waals surface area contributed by atoms with Crippen LogP contribution in [0, 0.1) is 0 Å². The molecule has 3 nitrogen and oxygen atoms in total. The smallest absolute Gasteiger partial charge is 0.170 e. The Hall–Kier alpha value is -1.35. The van der Waals surface area contributed by atoms with Crippen LogP contribution < -0.4 is 4.74 Å². The van der Waals surface area contributed by atoms with Crippen LogP contribution in [-0.4, -0.2) is 24.6 Å². The lowest BCUT2D eigenvalue weighted by molar-refractivity contribution is -0.0320. The number of para-hydroxylation sites is 1. The van der Waals surface area contributed by atoms with Crippen molar-refractivity contribution < 1.29 is 14.3 Å². The number of hydrogen-bond acceptors (Lipinski definition) is 3. The molecule has 0 atom stereocenters. The van der Waals surface area contributed by atoms with E-state index in [2.05, 4.69) is 0 Å². The summed E-state index contributed by atoms with van der Waals surface area (Å²) in [4.78, 5) is 12.2. The van der Waals surface area contributed by atoms with E-state index in [0.717, 1.165) is 37.0 Å². The van der Waals surface area contributed by atoms with Gasteiger partial charge in [-0.15, -0.1) is 0 Å². The molecule has 0 N–H and O–H groups in total. The van der Waals surface area contributed by atoms with Crippen molar-refractivity contribution in [3.63, 3.8) is 0 Å². The number of methoxy groups -OCH3 is 1. The number of ether oxygens (including phenoxy) is 2. The van der Waals surface area contributed by atoms with E-state index in [4.69, 9.17) is 9.47 Å². The molecule has 1 saturated carbocycles. The summed E-state index contributed by atoms with van der Waals surface area (Å²) in [6, 6.07) is 7.56. The molecule has 1 fully saturated rings. The molecule has 1 aromatic carbocycles. The highest BCUT2D eigenvalue weighted by molar-refractivity contribution is 6.00. The summed E-state index contributed by atoms with van der Waals surface area (Å²) >= 11 is 0. The predicted molar refractivity (Wildman–Crippen MR) is 68.0 cm³/mol. The van der Waals surface area contributed by atoms with Crippen LogP contribution in [0.4, 0.5) is 0 Å². The highest BCUT2D eigenvalue weighted by atomic mass is 16.5. The third-order valence-electron chi connectivity index (χ3n) is 4.17. The fourth-order valence-corrected chi connectivity index (χ4v) is 3.08. The molecule has 1 spiro atoms. The molecule has 0 unspecified atom stereocenters. The van der Waals surface area contributed by atoms with Crippen LogP contribution in [0.25, 0.3) is 0 Å². The van der Waals surface area contributed by atoms with Gasteiger partial charge in [-0.05, 0) is 37.8 Å². The first-order valence-corrected chi connectivity index (χ1v) is 6.56. The van der Waals surface area contributed by atoms with E-state index in [1.807, 2.05) is 24.3 Å². The van der Waals surface area contributed by atoms with Crippen molar-refractivity contribution in [1.29, 1.82) is 0 Å². The molecule has 2 aliphatic rings. The summed E-state index contributed by atoms with van der Waals surface area (Å²) in [7, 11) is 1.75. The Morgan fingerprint density at radius 3 is 2.72 bits per heavy atom. The third-order valence-corrected chi connectivity index (χ3v) is 4.17. The minimum absolute atomic E-state index is 0.215. The van der Waals surface area contributed by atoms with E-state index >= 15 is 0 Å². The highest BCUT2D eigenvalue weighted by Gasteiger charge is 2.43. The minimum Gasteiger partial charge on any atom is -0.486 e. The molecule has 18 heavy (non-hydrogen) atoms. The molecular formula is C15H18O3. The molecular weight excluding hydrogens is 228 g/mol. The van der Waals surface area contributed by atoms with Gasteiger partial charge in [-0.3, -0.25) is 4.79 Å². The van der Waals surface area contributed by atoms with Crippen LogP contribution in [-0.2, 0) is 4.74 Å². The zero-order chi connectivity index (χ0) is 12.6. The van der Waals surface area contributed by atoms with Gasteiger partial charge in [0.15, 0.2) is 5.78 Å². The average Bonchev–Trinajstić information content (AvgIpc) is 2.40. The van der Waals surface area contributed by atoms with Crippen LogP contribution in [0.1, 0.15) is 42.5 Å². The Bertz CT molecular complexity index is 459. The molecule has 3 rings (SSSR count). The lowest BCUT2D eigenvalue weighted by Gasteiger charge is -2.42. The van der Waals surface area contributed by atoms with Gasteiger partial charge >= 0.3 is 0 Å². The van der Waals surface area contributed by atoms with Crippen molar-refractivity contribution in [2.45, 2.75) is 43.8 Å². The molecule has 3 heteroatoms. The molecule has 1 heterocycles. The second-order valence-corrected chi connectivity index (χ2v) is 5.32. The van der Waals surface area contributed by atoms with Crippen molar-refractivity contribution >= 4 is 5.78 Å². The van der Waals surface area contributed by atoms with Gasteiger partial charge in [0, 0.05) is 7.11 Å². The summed E-state index contributed by atoms with van der Waals surface area (Å²) in [6.07, 6.45) is 4.61. The van der Waals surface area contributed by atoms with Crippen LogP contribution in [0.3, 0.4) is 0 Å². The van der Waals surface area contributed by atoms with Gasteiger partial charge in [0.1, 0.15) is 11.4 Å². The third kappa shape index (κ3) is 1.93. The van der Waals surface area contributed by atoms with E-state index in [1.54, 1.807) is 7.11 Å². The van der Waals surface area contributed by atoms with E-state index in [0.29, 0.717) is 12.5 Å². The Labute approximate surface area is 107 Å². The normalized spacial score (nSPS) is 30.9. The average molecular weight is 246 g/mol. The molecule has 96 valence electrons. The first-order valence-electron chi connectivity index (χ1n) is 6.56. The van der Waals surface area contributed by atoms with E-state index in [-0.39, 0.29) is 11.4 Å². The lowest BCUT2D eigenvalue weighted by Crippen LogP contribution is -2.46. The number of carbonyl (C=O) groups is 1. The van der Waals surface area contributed by atoms with Crippen LogP contribution in [0.5, 0.6) is 5.75 Å². The van der Waals surface area contributed by atoms with E-state index in [9.17, 15) is 4.79 Å². The number of hydrogen-bond donors (Lipinski definition) is 0. The number of fused-ring (bicyclic) bond motifs is 1. The maximum atomic E-state index is 12.2. The molecule has 0 amide bonds. The van der Waals surface area contributed by atoms with Crippen molar-refractivity contribution in [2.75, 3.05) is 7.11 Å². The van der Waals surface area contributed by atoms with Crippen molar-refractivity contribution in [3.8, 4) is 5.75 Å². The van der Waals surface area contributed by atoms with Gasteiger partial charge in [0.2, 0.25) is 0 Å². The SMILES string of the molecule is COC1CCC2(CC1)CC(=O)c1ccccc1O2. The Morgan fingerprint density at radius 2 is 2.00 bits per heavy atom. The van der Waals surface area contributed by atoms with Gasteiger partial charge in [-0.25, -0.2) is 0 Å². The summed E-state index contributed by atoms with van der Waals surface area (Å²) in [5.41, 5.74) is 0.456. The molecule has 0 aromatic heterocycles. The van der Waals surface area contributed by atoms with Crippen LogP contribution in [0.2, 0.25) is 0 Å². The largest absolute Gasteiger partial charge is 0.486 e. The van der Waals surface area contributed by atoms with E-state index in [1.165, 1.54) is 0 Å². The minimum atomic E-state index is -0.277. The maximum absolute atomic E-state index is 12.2. The fourth-order valence-electron chi connectivity index (χ4n) is 3.08. The lowest BCUT2D eigenvalue weighted by atomic mass is 9.77. The zero-order valence-corrected chi connectivity index (χ0v) is 10.6. The molecule has 1 aromatic rings. The van der Waals surface area contributed by atoms with Crippen LogP contribution in [0.15, 0.2) is 24.3 Å². The van der Waals surface area contributed by atoms with Crippen molar-refractivity contribution in [2.24, 2.45) is 0 Å². The number of rotatable bonds is 1. The van der Waals surface area contributed by atoms with Crippen molar-refractivity contribution in [1.82, 2.24) is 0 Å². The number of Topliss-reactive ketones (excluding diaryl/α,β-unsaturated/α-hetero) is 1.